The van der Waals surface area contributed by atoms with Crippen molar-refractivity contribution in [2.24, 2.45) is 0 Å². The Labute approximate surface area is 158 Å². The Hall–Kier alpha value is -1.89. The van der Waals surface area contributed by atoms with Gasteiger partial charge in [-0.3, -0.25) is 4.79 Å². The zero-order valence-corrected chi connectivity index (χ0v) is 16.0. The molecular weight excluding hydrogens is 350 g/mol. The predicted octanol–water partition coefficient (Wildman–Crippen LogP) is 2.83. The first-order chi connectivity index (χ1) is 12.5. The molecule has 1 atom stereocenters. The van der Waals surface area contributed by atoms with E-state index in [9.17, 15) is 9.90 Å². The molecule has 0 aliphatic carbocycles. The Kier molecular flexibility index (Phi) is 5.65. The van der Waals surface area contributed by atoms with E-state index in [1.54, 1.807) is 14.0 Å². The second kappa shape index (κ2) is 7.78. The average molecular weight is 375 g/mol. The van der Waals surface area contributed by atoms with Crippen molar-refractivity contribution in [2.75, 3.05) is 26.9 Å². The van der Waals surface area contributed by atoms with Gasteiger partial charge in [-0.05, 0) is 48.9 Å². The van der Waals surface area contributed by atoms with Gasteiger partial charge < -0.3 is 19.9 Å². The number of benzene rings is 1. The Morgan fingerprint density at radius 1 is 1.31 bits per heavy atom. The lowest BCUT2D eigenvalue weighted by Gasteiger charge is -2.37. The van der Waals surface area contributed by atoms with Crippen LogP contribution in [-0.4, -0.2) is 37.9 Å². The molecule has 1 aliphatic heterocycles. The van der Waals surface area contributed by atoms with Gasteiger partial charge in [0, 0.05) is 18.1 Å². The predicted molar refractivity (Wildman–Crippen MR) is 102 cm³/mol. The van der Waals surface area contributed by atoms with Gasteiger partial charge in [0.25, 0.3) is 0 Å². The molecule has 2 N–H and O–H groups in total. The zero-order valence-electron chi connectivity index (χ0n) is 15.2. The quantitative estimate of drug-likeness (QED) is 0.815. The van der Waals surface area contributed by atoms with Gasteiger partial charge in [0.15, 0.2) is 0 Å². The molecule has 1 unspecified atom stereocenters. The molecule has 0 bridgehead atoms. The van der Waals surface area contributed by atoms with E-state index in [1.165, 1.54) is 11.3 Å². The molecule has 0 radical (unpaired) electrons. The molecule has 1 fully saturated rings. The number of carbonyl (C=O) groups is 1. The molecular formula is C20H25NO4S. The van der Waals surface area contributed by atoms with Gasteiger partial charge in [0.05, 0.1) is 19.1 Å². The summed E-state index contributed by atoms with van der Waals surface area (Å²) in [7, 11) is 1.62. The lowest BCUT2D eigenvalue weighted by atomic mass is 9.73. The Morgan fingerprint density at radius 3 is 2.58 bits per heavy atom. The summed E-state index contributed by atoms with van der Waals surface area (Å²) < 4.78 is 10.7. The highest BCUT2D eigenvalue weighted by atomic mass is 32.1. The molecule has 0 saturated carbocycles. The minimum Gasteiger partial charge on any atom is -0.497 e. The van der Waals surface area contributed by atoms with Crippen LogP contribution in [0.2, 0.25) is 0 Å². The van der Waals surface area contributed by atoms with E-state index in [2.05, 4.69) is 5.32 Å². The number of rotatable bonds is 6. The summed E-state index contributed by atoms with van der Waals surface area (Å²) in [5.41, 5.74) is -0.776. The lowest BCUT2D eigenvalue weighted by Crippen LogP contribution is -2.50. The molecule has 3 rings (SSSR count). The molecule has 140 valence electrons. The number of aliphatic hydroxyl groups is 1. The fourth-order valence-electron chi connectivity index (χ4n) is 3.37. The highest BCUT2D eigenvalue weighted by Crippen LogP contribution is 2.36. The summed E-state index contributed by atoms with van der Waals surface area (Å²) in [5, 5.41) is 15.6. The van der Waals surface area contributed by atoms with Crippen LogP contribution in [-0.2, 0) is 20.5 Å². The molecule has 2 heterocycles. The maximum absolute atomic E-state index is 13.2. The molecule has 1 aromatic carbocycles. The monoisotopic (exact) mass is 375 g/mol. The molecule has 0 spiro atoms. The standard InChI is InChI=1S/C20H25NO4S/c1-19(23,17-4-3-13-26-17)14-21-18(22)20(9-11-25-12-10-20)15-5-7-16(24-2)8-6-15/h3-8,13,23H,9-12,14H2,1-2H3,(H,21,22). The number of ether oxygens (including phenoxy) is 2. The van der Waals surface area contributed by atoms with Crippen LogP contribution < -0.4 is 10.1 Å². The second-order valence-corrected chi connectivity index (χ2v) is 7.80. The van der Waals surface area contributed by atoms with Gasteiger partial charge in [-0.1, -0.05) is 18.2 Å². The maximum Gasteiger partial charge on any atom is 0.230 e. The topological polar surface area (TPSA) is 67.8 Å². The summed E-state index contributed by atoms with van der Waals surface area (Å²) in [6.07, 6.45) is 1.23. The van der Waals surface area contributed by atoms with Gasteiger partial charge in [0.1, 0.15) is 11.4 Å². The van der Waals surface area contributed by atoms with Crippen LogP contribution in [0.25, 0.3) is 0 Å². The number of nitrogens with one attached hydrogen (secondary N) is 1. The van der Waals surface area contributed by atoms with Crippen LogP contribution in [0.1, 0.15) is 30.2 Å². The van der Waals surface area contributed by atoms with Crippen molar-refractivity contribution in [3.05, 3.63) is 52.2 Å². The zero-order chi connectivity index (χ0) is 18.6. The molecule has 1 saturated heterocycles. The normalized spacial score (nSPS) is 18.7. The van der Waals surface area contributed by atoms with Gasteiger partial charge in [-0.2, -0.15) is 0 Å². The fourth-order valence-corrected chi connectivity index (χ4v) is 4.16. The molecule has 5 nitrogen and oxygen atoms in total. The molecule has 2 aromatic rings. The maximum atomic E-state index is 13.2. The number of methoxy groups -OCH3 is 1. The number of amides is 1. The summed E-state index contributed by atoms with van der Waals surface area (Å²) >= 11 is 1.48. The summed E-state index contributed by atoms with van der Waals surface area (Å²) in [6.45, 7) is 2.98. The van der Waals surface area contributed by atoms with Gasteiger partial charge in [0.2, 0.25) is 5.91 Å². The average Bonchev–Trinajstić information content (AvgIpc) is 3.22. The van der Waals surface area contributed by atoms with Gasteiger partial charge in [-0.25, -0.2) is 0 Å². The third-order valence-corrected chi connectivity index (χ3v) is 6.19. The largest absolute Gasteiger partial charge is 0.497 e. The molecule has 1 aromatic heterocycles. The van der Waals surface area contributed by atoms with Crippen molar-refractivity contribution >= 4 is 17.2 Å². The molecule has 1 aliphatic rings. The van der Waals surface area contributed by atoms with E-state index in [-0.39, 0.29) is 12.5 Å². The Balaban J connectivity index is 1.79. The van der Waals surface area contributed by atoms with E-state index in [0.717, 1.165) is 16.2 Å². The van der Waals surface area contributed by atoms with Gasteiger partial charge >= 0.3 is 0 Å². The number of thiophene rings is 1. The fraction of sp³-hybridized carbons (Fsp3) is 0.450. The lowest BCUT2D eigenvalue weighted by molar-refractivity contribution is -0.131. The summed E-state index contributed by atoms with van der Waals surface area (Å²) in [5.74, 6) is 0.694. The van der Waals surface area contributed by atoms with Crippen molar-refractivity contribution in [3.8, 4) is 5.75 Å². The second-order valence-electron chi connectivity index (χ2n) is 6.86. The Morgan fingerprint density at radius 2 is 2.00 bits per heavy atom. The minimum absolute atomic E-state index is 0.0669. The van der Waals surface area contributed by atoms with E-state index in [0.29, 0.717) is 26.1 Å². The highest BCUT2D eigenvalue weighted by Gasteiger charge is 2.42. The van der Waals surface area contributed by atoms with E-state index >= 15 is 0 Å². The number of carbonyl (C=O) groups excluding carboxylic acids is 1. The van der Waals surface area contributed by atoms with Crippen molar-refractivity contribution < 1.29 is 19.4 Å². The SMILES string of the molecule is COc1ccc(C2(C(=O)NCC(C)(O)c3cccs3)CCOCC2)cc1. The number of hydrogen-bond acceptors (Lipinski definition) is 5. The van der Waals surface area contributed by atoms with Crippen LogP contribution in [0.15, 0.2) is 41.8 Å². The molecule has 6 heteroatoms. The smallest absolute Gasteiger partial charge is 0.230 e. The van der Waals surface area contributed by atoms with Crippen molar-refractivity contribution in [1.29, 1.82) is 0 Å². The number of hydrogen-bond donors (Lipinski definition) is 2. The first kappa shape index (κ1) is 18.9. The summed E-state index contributed by atoms with van der Waals surface area (Å²) in [4.78, 5) is 14.0. The van der Waals surface area contributed by atoms with Crippen molar-refractivity contribution in [3.63, 3.8) is 0 Å². The van der Waals surface area contributed by atoms with Crippen LogP contribution in [0, 0.1) is 0 Å². The van der Waals surface area contributed by atoms with Crippen LogP contribution in [0.5, 0.6) is 5.75 Å². The first-order valence-electron chi connectivity index (χ1n) is 8.75. The third kappa shape index (κ3) is 3.77. The van der Waals surface area contributed by atoms with E-state index in [4.69, 9.17) is 9.47 Å². The molecule has 1 amide bonds. The van der Waals surface area contributed by atoms with E-state index in [1.807, 2.05) is 41.8 Å². The van der Waals surface area contributed by atoms with Crippen LogP contribution >= 0.6 is 11.3 Å². The van der Waals surface area contributed by atoms with Gasteiger partial charge in [-0.15, -0.1) is 11.3 Å². The van der Waals surface area contributed by atoms with Crippen molar-refractivity contribution in [2.45, 2.75) is 30.8 Å². The van der Waals surface area contributed by atoms with E-state index < -0.39 is 11.0 Å². The molecule has 26 heavy (non-hydrogen) atoms. The first-order valence-corrected chi connectivity index (χ1v) is 9.63. The minimum atomic E-state index is -1.09. The third-order valence-electron chi connectivity index (χ3n) is 5.07. The Bertz CT molecular complexity index is 719. The van der Waals surface area contributed by atoms with Crippen LogP contribution in [0.4, 0.5) is 0 Å². The van der Waals surface area contributed by atoms with Crippen LogP contribution in [0.3, 0.4) is 0 Å². The summed E-state index contributed by atoms with van der Waals surface area (Å²) in [6, 6.07) is 11.4. The highest BCUT2D eigenvalue weighted by molar-refractivity contribution is 7.10. The van der Waals surface area contributed by atoms with Crippen molar-refractivity contribution in [1.82, 2.24) is 5.32 Å².